The maximum Gasteiger partial charge on any atom is 0.272 e. The normalized spacial score (nSPS) is 11.2. The molecule has 0 saturated heterocycles. The zero-order valence-corrected chi connectivity index (χ0v) is 15.7. The molecule has 0 spiro atoms. The Morgan fingerprint density at radius 3 is 2.44 bits per heavy atom. The zero-order chi connectivity index (χ0) is 18.6. The lowest BCUT2D eigenvalue weighted by Crippen LogP contribution is -2.35. The average Bonchev–Trinajstić information content (AvgIpc) is 3.00. The molecule has 8 heteroatoms. The number of carbonyl (C=O) groups is 2. The van der Waals surface area contributed by atoms with Crippen LogP contribution in [-0.2, 0) is 11.5 Å². The van der Waals surface area contributed by atoms with Crippen molar-refractivity contribution in [1.82, 2.24) is 15.1 Å². The van der Waals surface area contributed by atoms with E-state index in [4.69, 9.17) is 27.9 Å². The van der Waals surface area contributed by atoms with Crippen molar-refractivity contribution in [3.05, 3.63) is 46.2 Å². The van der Waals surface area contributed by atoms with Crippen LogP contribution in [0.1, 0.15) is 31.3 Å². The van der Waals surface area contributed by atoms with E-state index >= 15 is 0 Å². The molecule has 6 nitrogen and oxygen atoms in total. The van der Waals surface area contributed by atoms with Gasteiger partial charge in [0, 0.05) is 11.6 Å². The van der Waals surface area contributed by atoms with E-state index in [-0.39, 0.29) is 24.8 Å². The quantitative estimate of drug-likeness (QED) is 0.827. The summed E-state index contributed by atoms with van der Waals surface area (Å²) in [6.45, 7) is 5.40. The monoisotopic (exact) mass is 383 g/mol. The first kappa shape index (κ1) is 19.3. The number of nitrogens with zero attached hydrogens (tertiary/aromatic N) is 2. The van der Waals surface area contributed by atoms with Crippen LogP contribution in [0.5, 0.6) is 5.75 Å². The van der Waals surface area contributed by atoms with Crippen molar-refractivity contribution in [2.24, 2.45) is 5.41 Å². The standard InChI is InChI=1S/C17H19Cl2N3O3/c1-17(2,3)14(23)9-20-16(24)13-7-8-22(21-13)10-25-15-11(18)5-4-6-12(15)19/h4-8H,9-10H2,1-3H3,(H,20,24). The Bertz CT molecular complexity index is 761. The fraction of sp³-hybridized carbons (Fsp3) is 0.353. The van der Waals surface area contributed by atoms with Crippen LogP contribution in [-0.4, -0.2) is 28.0 Å². The van der Waals surface area contributed by atoms with Gasteiger partial charge in [-0.25, -0.2) is 4.68 Å². The van der Waals surface area contributed by atoms with Crippen LogP contribution in [0.25, 0.3) is 0 Å². The summed E-state index contributed by atoms with van der Waals surface area (Å²) in [5.74, 6) is -0.132. The highest BCUT2D eigenvalue weighted by molar-refractivity contribution is 6.37. The number of rotatable bonds is 6. The molecular weight excluding hydrogens is 365 g/mol. The SMILES string of the molecule is CC(C)(C)C(=O)CNC(=O)c1ccn(COc2c(Cl)cccc2Cl)n1. The van der Waals surface area contributed by atoms with Gasteiger partial charge < -0.3 is 10.1 Å². The summed E-state index contributed by atoms with van der Waals surface area (Å²) in [5.41, 5.74) is -0.315. The van der Waals surface area contributed by atoms with E-state index in [1.807, 2.05) is 0 Å². The van der Waals surface area contributed by atoms with Gasteiger partial charge in [0.2, 0.25) is 0 Å². The highest BCUT2D eigenvalue weighted by Crippen LogP contribution is 2.32. The Balaban J connectivity index is 1.93. The third-order valence-corrected chi connectivity index (χ3v) is 3.97. The van der Waals surface area contributed by atoms with Gasteiger partial charge in [-0.2, -0.15) is 5.10 Å². The van der Waals surface area contributed by atoms with Crippen molar-refractivity contribution < 1.29 is 14.3 Å². The number of halogens is 2. The fourth-order valence-electron chi connectivity index (χ4n) is 1.82. The van der Waals surface area contributed by atoms with Crippen LogP contribution in [0.3, 0.4) is 0 Å². The van der Waals surface area contributed by atoms with Crippen molar-refractivity contribution >= 4 is 34.9 Å². The lowest BCUT2D eigenvalue weighted by Gasteiger charge is -2.16. The van der Waals surface area contributed by atoms with Crippen LogP contribution in [0.2, 0.25) is 10.0 Å². The lowest BCUT2D eigenvalue weighted by atomic mass is 9.91. The van der Waals surface area contributed by atoms with Gasteiger partial charge in [0.1, 0.15) is 5.69 Å². The molecule has 25 heavy (non-hydrogen) atoms. The van der Waals surface area contributed by atoms with Gasteiger partial charge in [-0.1, -0.05) is 50.0 Å². The predicted octanol–water partition coefficient (Wildman–Crippen LogP) is 3.57. The predicted molar refractivity (Wildman–Crippen MR) is 96.1 cm³/mol. The Morgan fingerprint density at radius 2 is 1.84 bits per heavy atom. The first-order valence-corrected chi connectivity index (χ1v) is 8.36. The zero-order valence-electron chi connectivity index (χ0n) is 14.2. The molecule has 1 amide bonds. The van der Waals surface area contributed by atoms with Gasteiger partial charge in [0.25, 0.3) is 5.91 Å². The van der Waals surface area contributed by atoms with Crippen molar-refractivity contribution in [2.45, 2.75) is 27.5 Å². The molecular formula is C17H19Cl2N3O3. The van der Waals surface area contributed by atoms with Crippen LogP contribution < -0.4 is 10.1 Å². The third-order valence-electron chi connectivity index (χ3n) is 3.38. The number of para-hydroxylation sites is 1. The number of ether oxygens (including phenoxy) is 1. The molecule has 0 aliphatic heterocycles. The minimum Gasteiger partial charge on any atom is -0.468 e. The Labute approximate surface area is 156 Å². The molecule has 0 aliphatic rings. The second-order valence-corrected chi connectivity index (χ2v) is 7.23. The maximum absolute atomic E-state index is 12.0. The number of ketones is 1. The van der Waals surface area contributed by atoms with Crippen molar-refractivity contribution in [2.75, 3.05) is 6.54 Å². The number of nitrogens with one attached hydrogen (secondary N) is 1. The second kappa shape index (κ2) is 7.89. The molecule has 0 atom stereocenters. The summed E-state index contributed by atoms with van der Waals surface area (Å²) in [6, 6.07) is 6.58. The fourth-order valence-corrected chi connectivity index (χ4v) is 2.33. The molecule has 1 N–H and O–H groups in total. The minimum atomic E-state index is -0.505. The van der Waals surface area contributed by atoms with E-state index in [0.29, 0.717) is 15.8 Å². The van der Waals surface area contributed by atoms with Gasteiger partial charge in [-0.05, 0) is 18.2 Å². The van der Waals surface area contributed by atoms with Crippen LogP contribution >= 0.6 is 23.2 Å². The highest BCUT2D eigenvalue weighted by atomic mass is 35.5. The number of Topliss-reactive ketones (excluding diaryl/α,β-unsaturated/α-hetero) is 1. The Hall–Kier alpha value is -2.05. The van der Waals surface area contributed by atoms with Gasteiger partial charge in [0.15, 0.2) is 18.3 Å². The van der Waals surface area contributed by atoms with E-state index < -0.39 is 11.3 Å². The van der Waals surface area contributed by atoms with Crippen LogP contribution in [0, 0.1) is 5.41 Å². The number of benzene rings is 1. The summed E-state index contributed by atoms with van der Waals surface area (Å²) in [7, 11) is 0. The third kappa shape index (κ3) is 5.21. The summed E-state index contributed by atoms with van der Waals surface area (Å²) >= 11 is 12.0. The lowest BCUT2D eigenvalue weighted by molar-refractivity contribution is -0.125. The first-order valence-electron chi connectivity index (χ1n) is 7.60. The molecule has 1 aromatic carbocycles. The molecule has 134 valence electrons. The van der Waals surface area contributed by atoms with E-state index in [0.717, 1.165) is 0 Å². The molecule has 0 unspecified atom stereocenters. The molecule has 2 aromatic rings. The van der Waals surface area contributed by atoms with E-state index in [2.05, 4.69) is 10.4 Å². The summed E-state index contributed by atoms with van der Waals surface area (Å²) in [6.07, 6.45) is 1.59. The van der Waals surface area contributed by atoms with Gasteiger partial charge in [-0.3, -0.25) is 9.59 Å². The topological polar surface area (TPSA) is 73.2 Å². The van der Waals surface area contributed by atoms with Gasteiger partial charge in [0.05, 0.1) is 16.6 Å². The molecule has 0 bridgehead atoms. The van der Waals surface area contributed by atoms with E-state index in [1.165, 1.54) is 10.7 Å². The Kier molecular flexibility index (Phi) is 6.08. The minimum absolute atomic E-state index is 0.0393. The molecule has 0 aliphatic carbocycles. The Morgan fingerprint density at radius 1 is 1.20 bits per heavy atom. The average molecular weight is 384 g/mol. The second-order valence-electron chi connectivity index (χ2n) is 6.42. The van der Waals surface area contributed by atoms with Crippen LogP contribution in [0.4, 0.5) is 0 Å². The number of hydrogen-bond acceptors (Lipinski definition) is 4. The summed E-state index contributed by atoms with van der Waals surface area (Å²) in [4.78, 5) is 23.9. The number of hydrogen-bond donors (Lipinski definition) is 1. The highest BCUT2D eigenvalue weighted by Gasteiger charge is 2.22. The van der Waals surface area contributed by atoms with Crippen molar-refractivity contribution in [3.8, 4) is 5.75 Å². The molecule has 0 radical (unpaired) electrons. The maximum atomic E-state index is 12.0. The van der Waals surface area contributed by atoms with E-state index in [1.54, 1.807) is 45.2 Å². The molecule has 1 heterocycles. The number of carbonyl (C=O) groups excluding carboxylic acids is 2. The van der Waals surface area contributed by atoms with Crippen molar-refractivity contribution in [3.63, 3.8) is 0 Å². The summed E-state index contributed by atoms with van der Waals surface area (Å²) in [5, 5.41) is 7.44. The van der Waals surface area contributed by atoms with Crippen LogP contribution in [0.15, 0.2) is 30.5 Å². The number of aromatic nitrogens is 2. The van der Waals surface area contributed by atoms with E-state index in [9.17, 15) is 9.59 Å². The molecule has 2 rings (SSSR count). The molecule has 0 saturated carbocycles. The summed E-state index contributed by atoms with van der Waals surface area (Å²) < 4.78 is 6.97. The first-order chi connectivity index (χ1) is 11.7. The van der Waals surface area contributed by atoms with Crippen molar-refractivity contribution in [1.29, 1.82) is 0 Å². The molecule has 1 aromatic heterocycles. The smallest absolute Gasteiger partial charge is 0.272 e. The van der Waals surface area contributed by atoms with Gasteiger partial charge in [-0.15, -0.1) is 0 Å². The molecule has 0 fully saturated rings. The number of amides is 1. The van der Waals surface area contributed by atoms with Gasteiger partial charge >= 0.3 is 0 Å². The largest absolute Gasteiger partial charge is 0.468 e.